The Morgan fingerprint density at radius 2 is 1.93 bits per heavy atom. The quantitative estimate of drug-likeness (QED) is 0.579. The minimum atomic E-state index is -0.322. The number of aryl methyl sites for hydroxylation is 2. The average molecular weight is 385 g/mol. The van der Waals surface area contributed by atoms with Crippen molar-refractivity contribution in [1.29, 1.82) is 0 Å². The first-order valence-corrected chi connectivity index (χ1v) is 9.08. The van der Waals surface area contributed by atoms with Crippen molar-refractivity contribution >= 4 is 6.03 Å². The van der Waals surface area contributed by atoms with Crippen LogP contribution in [0.25, 0.3) is 22.5 Å². The summed E-state index contributed by atoms with van der Waals surface area (Å²) in [6.07, 6.45) is 9.88. The number of hydrogen-bond donors (Lipinski definition) is 1. The van der Waals surface area contributed by atoms with Crippen LogP contribution in [0.15, 0.2) is 61.6 Å². The summed E-state index contributed by atoms with van der Waals surface area (Å²) < 4.78 is 1.26. The van der Waals surface area contributed by atoms with E-state index in [1.807, 2.05) is 32.0 Å². The highest BCUT2D eigenvalue weighted by Crippen LogP contribution is 2.21. The molecule has 29 heavy (non-hydrogen) atoms. The first-order valence-electron chi connectivity index (χ1n) is 9.08. The normalized spacial score (nSPS) is 10.7. The molecule has 0 saturated heterocycles. The summed E-state index contributed by atoms with van der Waals surface area (Å²) in [6.45, 7) is 4.31. The van der Waals surface area contributed by atoms with Crippen LogP contribution in [-0.2, 0) is 6.54 Å². The Kier molecular flexibility index (Phi) is 5.07. The van der Waals surface area contributed by atoms with Crippen LogP contribution in [-0.4, -0.2) is 35.7 Å². The van der Waals surface area contributed by atoms with Gasteiger partial charge in [0.25, 0.3) is 0 Å². The van der Waals surface area contributed by atoms with Gasteiger partial charge in [0.1, 0.15) is 6.33 Å². The van der Waals surface area contributed by atoms with Crippen LogP contribution in [0.5, 0.6) is 0 Å². The van der Waals surface area contributed by atoms with Crippen LogP contribution < -0.4 is 5.32 Å². The van der Waals surface area contributed by atoms with Gasteiger partial charge < -0.3 is 5.32 Å². The second kappa shape index (κ2) is 7.97. The zero-order chi connectivity index (χ0) is 20.2. The molecule has 144 valence electrons. The molecule has 4 aromatic rings. The largest absolute Gasteiger partial charge is 0.342 e. The lowest BCUT2D eigenvalue weighted by atomic mass is 10.1. The van der Waals surface area contributed by atoms with Crippen LogP contribution in [0, 0.1) is 13.8 Å². The van der Waals surface area contributed by atoms with Gasteiger partial charge in [0, 0.05) is 48.2 Å². The molecular formula is C21H19N7O. The highest BCUT2D eigenvalue weighted by atomic mass is 16.2. The van der Waals surface area contributed by atoms with Gasteiger partial charge in [-0.05, 0) is 43.2 Å². The zero-order valence-corrected chi connectivity index (χ0v) is 16.1. The summed E-state index contributed by atoms with van der Waals surface area (Å²) in [5, 5.41) is 6.96. The van der Waals surface area contributed by atoms with Gasteiger partial charge in [-0.1, -0.05) is 6.07 Å². The fourth-order valence-electron chi connectivity index (χ4n) is 3.01. The number of pyridine rings is 2. The Hall–Kier alpha value is -3.94. The summed E-state index contributed by atoms with van der Waals surface area (Å²) in [6, 6.07) is 7.41. The van der Waals surface area contributed by atoms with Gasteiger partial charge in [0.15, 0.2) is 0 Å². The maximum absolute atomic E-state index is 12.4. The summed E-state index contributed by atoms with van der Waals surface area (Å²) in [7, 11) is 0. The SMILES string of the molecule is Cc1cc(-c2ncc(CNC(=O)n3cc(-c4ccncn4)cn3)cc2C)ccn1. The Labute approximate surface area is 167 Å². The van der Waals surface area contributed by atoms with Gasteiger partial charge in [0.05, 0.1) is 17.6 Å². The predicted molar refractivity (Wildman–Crippen MR) is 108 cm³/mol. The molecule has 0 fully saturated rings. The number of amides is 1. The van der Waals surface area contributed by atoms with Crippen molar-refractivity contribution in [1.82, 2.24) is 35.0 Å². The van der Waals surface area contributed by atoms with Crippen molar-refractivity contribution in [2.45, 2.75) is 20.4 Å². The van der Waals surface area contributed by atoms with E-state index in [0.717, 1.165) is 33.6 Å². The molecule has 4 rings (SSSR count). The summed E-state index contributed by atoms with van der Waals surface area (Å²) in [5.41, 5.74) is 6.28. The van der Waals surface area contributed by atoms with Gasteiger partial charge in [-0.15, -0.1) is 0 Å². The van der Waals surface area contributed by atoms with E-state index in [1.165, 1.54) is 11.0 Å². The van der Waals surface area contributed by atoms with Crippen molar-refractivity contribution in [3.8, 4) is 22.5 Å². The van der Waals surface area contributed by atoms with E-state index in [0.29, 0.717) is 12.2 Å². The second-order valence-corrected chi connectivity index (χ2v) is 6.62. The van der Waals surface area contributed by atoms with E-state index < -0.39 is 0 Å². The first kappa shape index (κ1) is 18.4. The second-order valence-electron chi connectivity index (χ2n) is 6.62. The number of carbonyl (C=O) groups excluding carboxylic acids is 1. The summed E-state index contributed by atoms with van der Waals surface area (Å²) in [5.74, 6) is 0. The van der Waals surface area contributed by atoms with Crippen LogP contribution >= 0.6 is 0 Å². The number of carbonyl (C=O) groups is 1. The highest BCUT2D eigenvalue weighted by molar-refractivity contribution is 5.77. The van der Waals surface area contributed by atoms with Gasteiger partial charge in [-0.2, -0.15) is 9.78 Å². The van der Waals surface area contributed by atoms with Crippen molar-refractivity contribution in [3.63, 3.8) is 0 Å². The van der Waals surface area contributed by atoms with E-state index >= 15 is 0 Å². The van der Waals surface area contributed by atoms with Crippen LogP contribution in [0.2, 0.25) is 0 Å². The molecule has 0 aliphatic carbocycles. The standard InChI is InChI=1S/C21H19N7O/c1-14-7-16(9-24-20(14)17-3-6-23-15(2)8-17)10-25-21(29)28-12-18(11-27-28)19-4-5-22-13-26-19/h3-9,11-13H,10H2,1-2H3,(H,25,29). The monoisotopic (exact) mass is 385 g/mol. The number of nitrogens with one attached hydrogen (secondary N) is 1. The lowest BCUT2D eigenvalue weighted by Crippen LogP contribution is -2.28. The summed E-state index contributed by atoms with van der Waals surface area (Å²) in [4.78, 5) is 29.2. The van der Waals surface area contributed by atoms with Crippen LogP contribution in [0.4, 0.5) is 4.79 Å². The maximum atomic E-state index is 12.4. The molecular weight excluding hydrogens is 366 g/mol. The smallest absolute Gasteiger partial charge is 0.332 e. The molecule has 0 aliphatic rings. The molecule has 0 atom stereocenters. The van der Waals surface area contributed by atoms with E-state index in [1.54, 1.807) is 37.1 Å². The lowest BCUT2D eigenvalue weighted by Gasteiger charge is -2.09. The molecule has 8 heteroatoms. The van der Waals surface area contributed by atoms with Gasteiger partial charge in [0.2, 0.25) is 0 Å². The molecule has 0 saturated carbocycles. The first-order chi connectivity index (χ1) is 14.1. The third-order valence-corrected chi connectivity index (χ3v) is 4.42. The number of aromatic nitrogens is 6. The third-order valence-electron chi connectivity index (χ3n) is 4.42. The van der Waals surface area contributed by atoms with E-state index in [2.05, 4.69) is 30.4 Å². The van der Waals surface area contributed by atoms with Gasteiger partial charge >= 0.3 is 6.03 Å². The van der Waals surface area contributed by atoms with E-state index in [-0.39, 0.29) is 6.03 Å². The number of rotatable bonds is 4. The molecule has 4 heterocycles. The molecule has 0 radical (unpaired) electrons. The molecule has 8 nitrogen and oxygen atoms in total. The molecule has 0 spiro atoms. The molecule has 0 aliphatic heterocycles. The Balaban J connectivity index is 1.43. The van der Waals surface area contributed by atoms with E-state index in [9.17, 15) is 4.79 Å². The average Bonchev–Trinajstić information content (AvgIpc) is 3.23. The highest BCUT2D eigenvalue weighted by Gasteiger charge is 2.10. The third kappa shape index (κ3) is 4.16. The maximum Gasteiger partial charge on any atom is 0.342 e. The minimum absolute atomic E-state index is 0.322. The van der Waals surface area contributed by atoms with Crippen LogP contribution in [0.3, 0.4) is 0 Å². The summed E-state index contributed by atoms with van der Waals surface area (Å²) >= 11 is 0. The fourth-order valence-corrected chi connectivity index (χ4v) is 3.01. The van der Waals surface area contributed by atoms with Crippen LogP contribution in [0.1, 0.15) is 16.8 Å². The Bertz CT molecular complexity index is 1150. The van der Waals surface area contributed by atoms with Crippen molar-refractivity contribution in [2.24, 2.45) is 0 Å². The lowest BCUT2D eigenvalue weighted by molar-refractivity contribution is 0.239. The van der Waals surface area contributed by atoms with Crippen molar-refractivity contribution in [2.75, 3.05) is 0 Å². The molecule has 4 aromatic heterocycles. The molecule has 1 amide bonds. The Morgan fingerprint density at radius 1 is 1.03 bits per heavy atom. The predicted octanol–water partition coefficient (Wildman–Crippen LogP) is 3.17. The van der Waals surface area contributed by atoms with Gasteiger partial charge in [-0.25, -0.2) is 14.8 Å². The van der Waals surface area contributed by atoms with Gasteiger partial charge in [-0.3, -0.25) is 9.97 Å². The topological polar surface area (TPSA) is 98.5 Å². The fraction of sp³-hybridized carbons (Fsp3) is 0.143. The van der Waals surface area contributed by atoms with Crippen molar-refractivity contribution in [3.05, 3.63) is 78.4 Å². The van der Waals surface area contributed by atoms with E-state index in [4.69, 9.17) is 0 Å². The van der Waals surface area contributed by atoms with Crippen molar-refractivity contribution < 1.29 is 4.79 Å². The number of nitrogens with zero attached hydrogens (tertiary/aromatic N) is 6. The molecule has 0 bridgehead atoms. The molecule has 1 N–H and O–H groups in total. The molecule has 0 aromatic carbocycles. The minimum Gasteiger partial charge on any atom is -0.332 e. The number of hydrogen-bond acceptors (Lipinski definition) is 6. The zero-order valence-electron chi connectivity index (χ0n) is 16.1. The molecule has 0 unspecified atom stereocenters. The Morgan fingerprint density at radius 3 is 2.69 bits per heavy atom.